The van der Waals surface area contributed by atoms with Crippen molar-refractivity contribution in [3.05, 3.63) is 0 Å². The number of rotatable bonds is 6. The predicted molar refractivity (Wildman–Crippen MR) is 80.9 cm³/mol. The lowest BCUT2D eigenvalue weighted by atomic mass is 9.77. The molecule has 2 atom stereocenters. The van der Waals surface area contributed by atoms with E-state index >= 15 is 0 Å². The molecule has 0 aromatic carbocycles. The molecule has 108 valence electrons. The summed E-state index contributed by atoms with van der Waals surface area (Å²) in [6, 6.07) is 1.48. The monoisotopic (exact) mass is 254 g/mol. The van der Waals surface area contributed by atoms with Crippen molar-refractivity contribution < 1.29 is 0 Å². The van der Waals surface area contributed by atoms with Gasteiger partial charge in [-0.2, -0.15) is 0 Å². The fourth-order valence-electron chi connectivity index (χ4n) is 2.81. The van der Waals surface area contributed by atoms with Crippen molar-refractivity contribution in [1.82, 2.24) is 10.2 Å². The molecule has 1 aliphatic rings. The van der Waals surface area contributed by atoms with Crippen LogP contribution >= 0.6 is 0 Å². The number of hydrogen-bond acceptors (Lipinski definition) is 2. The molecule has 0 aliphatic heterocycles. The van der Waals surface area contributed by atoms with Gasteiger partial charge in [0.25, 0.3) is 0 Å². The second-order valence-corrected chi connectivity index (χ2v) is 7.72. The van der Waals surface area contributed by atoms with Crippen LogP contribution in [0.5, 0.6) is 0 Å². The average Bonchev–Trinajstić information content (AvgIpc) is 2.12. The van der Waals surface area contributed by atoms with E-state index in [1.165, 1.54) is 25.9 Å². The van der Waals surface area contributed by atoms with Crippen LogP contribution in [0.15, 0.2) is 0 Å². The zero-order valence-electron chi connectivity index (χ0n) is 13.6. The molecule has 1 saturated carbocycles. The summed E-state index contributed by atoms with van der Waals surface area (Å²) in [4.78, 5) is 2.73. The summed E-state index contributed by atoms with van der Waals surface area (Å²) in [5.41, 5.74) is 0.251. The molecule has 0 spiro atoms. The second-order valence-electron chi connectivity index (χ2n) is 7.72. The topological polar surface area (TPSA) is 15.3 Å². The van der Waals surface area contributed by atoms with E-state index in [1.54, 1.807) is 0 Å². The van der Waals surface area contributed by atoms with Gasteiger partial charge in [-0.05, 0) is 65.8 Å². The molecule has 0 bridgehead atoms. The van der Waals surface area contributed by atoms with Crippen molar-refractivity contribution >= 4 is 0 Å². The molecule has 2 unspecified atom stereocenters. The fraction of sp³-hybridized carbons (Fsp3) is 1.00. The summed E-state index contributed by atoms with van der Waals surface area (Å²) in [7, 11) is 0. The molecule has 1 aliphatic carbocycles. The SMILES string of the molecule is CC(C)CN(C(C)C)C1CCC1CNC(C)(C)C. The highest BCUT2D eigenvalue weighted by Gasteiger charge is 2.36. The van der Waals surface area contributed by atoms with E-state index in [2.05, 4.69) is 58.7 Å². The largest absolute Gasteiger partial charge is 0.312 e. The van der Waals surface area contributed by atoms with Gasteiger partial charge in [0.15, 0.2) is 0 Å². The molecule has 1 fully saturated rings. The Bertz CT molecular complexity index is 240. The van der Waals surface area contributed by atoms with Crippen LogP contribution in [0.1, 0.15) is 61.3 Å². The molecule has 2 nitrogen and oxygen atoms in total. The maximum absolute atomic E-state index is 3.67. The highest BCUT2D eigenvalue weighted by atomic mass is 15.2. The van der Waals surface area contributed by atoms with Crippen LogP contribution < -0.4 is 5.32 Å². The standard InChI is InChI=1S/C16H34N2/c1-12(2)11-18(13(3)4)15-9-8-14(15)10-17-16(5,6)7/h12-15,17H,8-11H2,1-7H3. The third-order valence-corrected chi connectivity index (χ3v) is 3.94. The van der Waals surface area contributed by atoms with Crippen molar-refractivity contribution in [2.75, 3.05) is 13.1 Å². The predicted octanol–water partition coefficient (Wildman–Crippen LogP) is 3.52. The van der Waals surface area contributed by atoms with Gasteiger partial charge < -0.3 is 5.32 Å². The van der Waals surface area contributed by atoms with Gasteiger partial charge in [0.1, 0.15) is 0 Å². The maximum Gasteiger partial charge on any atom is 0.0139 e. The van der Waals surface area contributed by atoms with Crippen LogP contribution in [-0.4, -0.2) is 35.6 Å². The highest BCUT2D eigenvalue weighted by molar-refractivity contribution is 4.92. The highest BCUT2D eigenvalue weighted by Crippen LogP contribution is 2.33. The van der Waals surface area contributed by atoms with Crippen LogP contribution in [0.25, 0.3) is 0 Å². The summed E-state index contributed by atoms with van der Waals surface area (Å²) < 4.78 is 0. The maximum atomic E-state index is 3.67. The van der Waals surface area contributed by atoms with Crippen LogP contribution in [0.2, 0.25) is 0 Å². The minimum absolute atomic E-state index is 0.251. The Kier molecular flexibility index (Phi) is 5.67. The first kappa shape index (κ1) is 16.0. The average molecular weight is 254 g/mol. The third kappa shape index (κ3) is 4.89. The van der Waals surface area contributed by atoms with E-state index in [0.29, 0.717) is 6.04 Å². The van der Waals surface area contributed by atoms with Crippen molar-refractivity contribution in [2.24, 2.45) is 11.8 Å². The summed E-state index contributed by atoms with van der Waals surface area (Å²) in [6.45, 7) is 18.5. The van der Waals surface area contributed by atoms with E-state index in [4.69, 9.17) is 0 Å². The molecule has 0 saturated heterocycles. The first-order chi connectivity index (χ1) is 8.20. The van der Waals surface area contributed by atoms with Gasteiger partial charge >= 0.3 is 0 Å². The summed E-state index contributed by atoms with van der Waals surface area (Å²) in [5.74, 6) is 1.62. The van der Waals surface area contributed by atoms with Gasteiger partial charge in [0.2, 0.25) is 0 Å². The van der Waals surface area contributed by atoms with E-state index in [1.807, 2.05) is 0 Å². The van der Waals surface area contributed by atoms with Crippen molar-refractivity contribution in [1.29, 1.82) is 0 Å². The summed E-state index contributed by atoms with van der Waals surface area (Å²) in [5, 5.41) is 3.67. The summed E-state index contributed by atoms with van der Waals surface area (Å²) in [6.07, 6.45) is 2.79. The molecule has 0 radical (unpaired) electrons. The zero-order chi connectivity index (χ0) is 13.9. The Hall–Kier alpha value is -0.0800. The van der Waals surface area contributed by atoms with Crippen molar-refractivity contribution in [3.63, 3.8) is 0 Å². The lowest BCUT2D eigenvalue weighted by molar-refractivity contribution is 0.0265. The van der Waals surface area contributed by atoms with Gasteiger partial charge in [-0.3, -0.25) is 4.90 Å². The Morgan fingerprint density at radius 1 is 1.11 bits per heavy atom. The molecule has 1 N–H and O–H groups in total. The minimum atomic E-state index is 0.251. The smallest absolute Gasteiger partial charge is 0.0139 e. The molecule has 0 amide bonds. The molecule has 0 aromatic heterocycles. The van der Waals surface area contributed by atoms with Crippen molar-refractivity contribution in [3.8, 4) is 0 Å². The summed E-state index contributed by atoms with van der Waals surface area (Å²) >= 11 is 0. The fourth-order valence-corrected chi connectivity index (χ4v) is 2.81. The van der Waals surface area contributed by atoms with E-state index in [9.17, 15) is 0 Å². The normalized spacial score (nSPS) is 25.0. The van der Waals surface area contributed by atoms with Gasteiger partial charge in [-0.25, -0.2) is 0 Å². The Morgan fingerprint density at radius 2 is 1.72 bits per heavy atom. The van der Waals surface area contributed by atoms with Gasteiger partial charge in [-0.1, -0.05) is 13.8 Å². The zero-order valence-corrected chi connectivity index (χ0v) is 13.6. The first-order valence-electron chi connectivity index (χ1n) is 7.71. The number of hydrogen-bond donors (Lipinski definition) is 1. The van der Waals surface area contributed by atoms with Gasteiger partial charge in [-0.15, -0.1) is 0 Å². The van der Waals surface area contributed by atoms with Crippen LogP contribution in [0.4, 0.5) is 0 Å². The molecular weight excluding hydrogens is 220 g/mol. The first-order valence-corrected chi connectivity index (χ1v) is 7.71. The van der Waals surface area contributed by atoms with Crippen LogP contribution in [-0.2, 0) is 0 Å². The van der Waals surface area contributed by atoms with E-state index in [0.717, 1.165) is 17.9 Å². The quantitative estimate of drug-likeness (QED) is 0.780. The Labute approximate surface area is 115 Å². The van der Waals surface area contributed by atoms with Gasteiger partial charge in [0.05, 0.1) is 0 Å². The van der Waals surface area contributed by atoms with E-state index < -0.39 is 0 Å². The van der Waals surface area contributed by atoms with Gasteiger partial charge in [0, 0.05) is 24.2 Å². The minimum Gasteiger partial charge on any atom is -0.312 e. The molecular formula is C16H34N2. The lowest BCUT2D eigenvalue weighted by Gasteiger charge is -2.48. The molecule has 0 heterocycles. The van der Waals surface area contributed by atoms with Crippen LogP contribution in [0.3, 0.4) is 0 Å². The van der Waals surface area contributed by atoms with E-state index in [-0.39, 0.29) is 5.54 Å². The second kappa shape index (κ2) is 6.38. The number of nitrogens with one attached hydrogen (secondary N) is 1. The molecule has 0 aromatic rings. The third-order valence-electron chi connectivity index (χ3n) is 3.94. The lowest BCUT2D eigenvalue weighted by Crippen LogP contribution is -2.55. The number of nitrogens with zero attached hydrogens (tertiary/aromatic N) is 1. The Morgan fingerprint density at radius 3 is 2.06 bits per heavy atom. The molecule has 18 heavy (non-hydrogen) atoms. The molecule has 1 rings (SSSR count). The van der Waals surface area contributed by atoms with Crippen LogP contribution in [0, 0.1) is 11.8 Å². The Balaban J connectivity index is 2.48. The van der Waals surface area contributed by atoms with Crippen molar-refractivity contribution in [2.45, 2.75) is 78.9 Å². The molecule has 2 heteroatoms.